The van der Waals surface area contributed by atoms with Crippen LogP contribution in [-0.2, 0) is 19.5 Å². The van der Waals surface area contributed by atoms with Gasteiger partial charge in [-0.3, -0.25) is 0 Å². The molecule has 0 aliphatic carbocycles. The third kappa shape index (κ3) is 3.31. The Morgan fingerprint density at radius 3 is 2.89 bits per heavy atom. The van der Waals surface area contributed by atoms with E-state index < -0.39 is 5.82 Å². The number of hydrogen-bond donors (Lipinski definition) is 1. The van der Waals surface area contributed by atoms with E-state index in [1.807, 2.05) is 6.92 Å². The molecular formula is C13H14ClFN2O. The number of nitrogens with one attached hydrogen (secondary N) is 1. The summed E-state index contributed by atoms with van der Waals surface area (Å²) in [6.07, 6.45) is 2.55. The maximum absolute atomic E-state index is 13.2. The fourth-order valence-electron chi connectivity index (χ4n) is 1.56. The van der Waals surface area contributed by atoms with Gasteiger partial charge in [-0.25, -0.2) is 9.37 Å². The van der Waals surface area contributed by atoms with Crippen molar-refractivity contribution < 1.29 is 8.81 Å². The Balaban J connectivity index is 1.86. The van der Waals surface area contributed by atoms with Crippen molar-refractivity contribution in [2.75, 3.05) is 0 Å². The Hall–Kier alpha value is -1.39. The summed E-state index contributed by atoms with van der Waals surface area (Å²) in [4.78, 5) is 4.13. The van der Waals surface area contributed by atoms with Crippen molar-refractivity contribution in [2.24, 2.45) is 0 Å². The molecule has 5 heteroatoms. The van der Waals surface area contributed by atoms with Gasteiger partial charge in [0.25, 0.3) is 0 Å². The van der Waals surface area contributed by atoms with E-state index in [1.165, 1.54) is 6.07 Å². The molecule has 0 fully saturated rings. The fraction of sp³-hybridized carbons (Fsp3) is 0.308. The lowest BCUT2D eigenvalue weighted by Gasteiger charge is -2.03. The summed E-state index contributed by atoms with van der Waals surface area (Å²) in [5.74, 6) is 1.10. The van der Waals surface area contributed by atoms with Crippen LogP contribution >= 0.6 is 11.6 Å². The number of oxazole rings is 1. The zero-order chi connectivity index (χ0) is 13.0. The van der Waals surface area contributed by atoms with Crippen LogP contribution in [0.2, 0.25) is 5.02 Å². The summed E-state index contributed by atoms with van der Waals surface area (Å²) >= 11 is 5.61. The second-order valence-electron chi connectivity index (χ2n) is 3.93. The van der Waals surface area contributed by atoms with Gasteiger partial charge >= 0.3 is 0 Å². The van der Waals surface area contributed by atoms with Crippen molar-refractivity contribution in [3.8, 4) is 0 Å². The van der Waals surface area contributed by atoms with E-state index in [2.05, 4.69) is 10.3 Å². The van der Waals surface area contributed by atoms with Gasteiger partial charge in [-0.2, -0.15) is 0 Å². The summed E-state index contributed by atoms with van der Waals surface area (Å²) in [6.45, 7) is 3.07. The molecule has 0 unspecified atom stereocenters. The number of nitrogens with zero attached hydrogens (tertiary/aromatic N) is 1. The number of halogens is 2. The Morgan fingerprint density at radius 2 is 2.22 bits per heavy atom. The van der Waals surface area contributed by atoms with Crippen LogP contribution in [0.25, 0.3) is 0 Å². The molecule has 0 aliphatic rings. The molecule has 1 heterocycles. The molecule has 0 spiro atoms. The van der Waals surface area contributed by atoms with Crippen LogP contribution in [0.1, 0.15) is 24.1 Å². The lowest BCUT2D eigenvalue weighted by molar-refractivity contribution is 0.439. The van der Waals surface area contributed by atoms with E-state index in [0.717, 1.165) is 17.7 Å². The van der Waals surface area contributed by atoms with Crippen LogP contribution in [-0.4, -0.2) is 4.98 Å². The van der Waals surface area contributed by atoms with Gasteiger partial charge in [0.2, 0.25) is 5.89 Å². The van der Waals surface area contributed by atoms with Crippen molar-refractivity contribution in [3.63, 3.8) is 0 Å². The summed E-state index contributed by atoms with van der Waals surface area (Å²) < 4.78 is 18.6. The highest BCUT2D eigenvalue weighted by atomic mass is 35.5. The maximum Gasteiger partial charge on any atom is 0.208 e. The molecule has 96 valence electrons. The number of benzene rings is 1. The third-order valence-corrected chi connectivity index (χ3v) is 2.85. The van der Waals surface area contributed by atoms with Crippen LogP contribution in [0, 0.1) is 5.82 Å². The maximum atomic E-state index is 13.2. The summed E-state index contributed by atoms with van der Waals surface area (Å²) in [6, 6.07) is 4.75. The van der Waals surface area contributed by atoms with E-state index in [4.69, 9.17) is 16.0 Å². The third-order valence-electron chi connectivity index (χ3n) is 2.54. The van der Waals surface area contributed by atoms with Gasteiger partial charge < -0.3 is 9.73 Å². The molecule has 3 nitrogen and oxygen atoms in total. The largest absolute Gasteiger partial charge is 0.444 e. The average Bonchev–Trinajstić information content (AvgIpc) is 2.82. The van der Waals surface area contributed by atoms with Crippen LogP contribution in [0.3, 0.4) is 0 Å². The topological polar surface area (TPSA) is 38.1 Å². The second kappa shape index (κ2) is 5.98. The number of aryl methyl sites for hydroxylation is 1. The van der Waals surface area contributed by atoms with E-state index in [0.29, 0.717) is 19.0 Å². The van der Waals surface area contributed by atoms with Crippen LogP contribution in [0.4, 0.5) is 4.39 Å². The SMILES string of the molecule is CCc1cnc(CNCc2ccc(Cl)c(F)c2)o1. The Morgan fingerprint density at radius 1 is 1.39 bits per heavy atom. The van der Waals surface area contributed by atoms with Gasteiger partial charge in [0, 0.05) is 13.0 Å². The molecule has 0 atom stereocenters. The summed E-state index contributed by atoms with van der Waals surface area (Å²) in [7, 11) is 0. The molecule has 1 aromatic carbocycles. The van der Waals surface area contributed by atoms with E-state index in [-0.39, 0.29) is 5.02 Å². The monoisotopic (exact) mass is 268 g/mol. The van der Waals surface area contributed by atoms with Crippen LogP contribution in [0.15, 0.2) is 28.8 Å². The molecule has 2 rings (SSSR count). The summed E-state index contributed by atoms with van der Waals surface area (Å²) in [5, 5.41) is 3.27. The van der Waals surface area contributed by atoms with Gasteiger partial charge in [-0.1, -0.05) is 24.6 Å². The first-order chi connectivity index (χ1) is 8.69. The Labute approximate surface area is 110 Å². The van der Waals surface area contributed by atoms with Crippen molar-refractivity contribution in [1.29, 1.82) is 0 Å². The highest BCUT2D eigenvalue weighted by molar-refractivity contribution is 6.30. The molecule has 0 aliphatic heterocycles. The molecular weight excluding hydrogens is 255 g/mol. The predicted molar refractivity (Wildman–Crippen MR) is 67.8 cm³/mol. The molecule has 0 amide bonds. The van der Waals surface area contributed by atoms with E-state index in [9.17, 15) is 4.39 Å². The predicted octanol–water partition coefficient (Wildman–Crippen LogP) is 3.32. The highest BCUT2D eigenvalue weighted by Crippen LogP contribution is 2.15. The van der Waals surface area contributed by atoms with Crippen molar-refractivity contribution >= 4 is 11.6 Å². The normalized spacial score (nSPS) is 10.8. The number of hydrogen-bond acceptors (Lipinski definition) is 3. The van der Waals surface area contributed by atoms with Crippen molar-refractivity contribution in [3.05, 3.63) is 52.5 Å². The Bertz CT molecular complexity index is 527. The minimum absolute atomic E-state index is 0.138. The molecule has 0 saturated heterocycles. The zero-order valence-electron chi connectivity index (χ0n) is 10.0. The van der Waals surface area contributed by atoms with Gasteiger partial charge in [0.15, 0.2) is 0 Å². The molecule has 18 heavy (non-hydrogen) atoms. The van der Waals surface area contributed by atoms with Gasteiger partial charge in [0.05, 0.1) is 17.8 Å². The molecule has 0 bridgehead atoms. The quantitative estimate of drug-likeness (QED) is 0.904. The molecule has 0 radical (unpaired) electrons. The Kier molecular flexibility index (Phi) is 4.33. The van der Waals surface area contributed by atoms with Crippen molar-refractivity contribution in [2.45, 2.75) is 26.4 Å². The minimum Gasteiger partial charge on any atom is -0.444 e. The number of rotatable bonds is 5. The highest BCUT2D eigenvalue weighted by Gasteiger charge is 2.03. The second-order valence-corrected chi connectivity index (χ2v) is 4.33. The lowest BCUT2D eigenvalue weighted by atomic mass is 10.2. The van der Waals surface area contributed by atoms with E-state index >= 15 is 0 Å². The zero-order valence-corrected chi connectivity index (χ0v) is 10.8. The first kappa shape index (κ1) is 13.1. The molecule has 2 aromatic rings. The first-order valence-corrected chi connectivity index (χ1v) is 6.15. The van der Waals surface area contributed by atoms with Crippen LogP contribution < -0.4 is 5.32 Å². The molecule has 0 saturated carbocycles. The van der Waals surface area contributed by atoms with Gasteiger partial charge in [0.1, 0.15) is 11.6 Å². The number of aromatic nitrogens is 1. The van der Waals surface area contributed by atoms with Crippen LogP contribution in [0.5, 0.6) is 0 Å². The molecule has 1 aromatic heterocycles. The average molecular weight is 269 g/mol. The lowest BCUT2D eigenvalue weighted by Crippen LogP contribution is -2.12. The smallest absolute Gasteiger partial charge is 0.208 e. The standard InChI is InChI=1S/C13H14ClFN2O/c1-2-10-7-17-13(18-10)8-16-6-9-3-4-11(14)12(15)5-9/h3-5,7,16H,2,6,8H2,1H3. The van der Waals surface area contributed by atoms with Gasteiger partial charge in [-0.15, -0.1) is 0 Å². The van der Waals surface area contributed by atoms with Gasteiger partial charge in [-0.05, 0) is 17.7 Å². The fourth-order valence-corrected chi connectivity index (χ4v) is 1.67. The summed E-state index contributed by atoms with van der Waals surface area (Å²) in [5.41, 5.74) is 0.833. The minimum atomic E-state index is -0.402. The van der Waals surface area contributed by atoms with E-state index in [1.54, 1.807) is 18.3 Å². The first-order valence-electron chi connectivity index (χ1n) is 5.77. The van der Waals surface area contributed by atoms with Crippen molar-refractivity contribution in [1.82, 2.24) is 10.3 Å². The molecule has 1 N–H and O–H groups in total.